The summed E-state index contributed by atoms with van der Waals surface area (Å²) in [4.78, 5) is 0. The molecule has 1 heterocycles. The largest absolute Gasteiger partial charge is 0.327 e. The Hall–Kier alpha value is -0.630. The Morgan fingerprint density at radius 2 is 2.19 bits per heavy atom. The Kier molecular flexibility index (Phi) is 3.80. The minimum Gasteiger partial charge on any atom is -0.327 e. The van der Waals surface area contributed by atoms with Gasteiger partial charge in [-0.15, -0.1) is 0 Å². The van der Waals surface area contributed by atoms with Crippen LogP contribution in [0.5, 0.6) is 0 Å². The topological polar surface area (TPSA) is 38.3 Å². The molecule has 0 amide bonds. The Balaban J connectivity index is 2.27. The van der Waals surface area contributed by atoms with Gasteiger partial charge in [0.05, 0.1) is 6.61 Å². The minimum atomic E-state index is -2.56. The summed E-state index contributed by atoms with van der Waals surface area (Å²) < 4.78 is 18.2. The molecule has 0 radical (unpaired) electrons. The smallest absolute Gasteiger partial charge is 0.223 e. The molecule has 2 atom stereocenters. The van der Waals surface area contributed by atoms with Crippen LogP contribution in [0.2, 0.25) is 0 Å². The normalized spacial score (nSPS) is 30.2. The maximum Gasteiger partial charge on any atom is 0.223 e. The standard InChI is InChI=1S/C12H18NO2P/c1-2-15-16(14)10-6-9-13-12(16)11-7-4-3-5-8-11/h3-5,7-8,12-13H,2,6,9-10H2,1H3. The predicted octanol–water partition coefficient (Wildman–Crippen LogP) is 2.99. The van der Waals surface area contributed by atoms with E-state index in [0.717, 1.165) is 18.5 Å². The summed E-state index contributed by atoms with van der Waals surface area (Å²) in [6, 6.07) is 9.94. The second-order valence-corrected chi connectivity index (χ2v) is 6.66. The van der Waals surface area contributed by atoms with Crippen LogP contribution in [0.3, 0.4) is 0 Å². The van der Waals surface area contributed by atoms with Gasteiger partial charge in [0.15, 0.2) is 0 Å². The first-order valence-electron chi connectivity index (χ1n) is 5.78. The van der Waals surface area contributed by atoms with Gasteiger partial charge in [0.1, 0.15) is 5.78 Å². The Labute approximate surface area is 96.7 Å². The van der Waals surface area contributed by atoms with Gasteiger partial charge >= 0.3 is 0 Å². The van der Waals surface area contributed by atoms with Gasteiger partial charge in [-0.3, -0.25) is 4.57 Å². The van der Waals surface area contributed by atoms with E-state index in [1.165, 1.54) is 0 Å². The molecule has 0 spiro atoms. The second kappa shape index (κ2) is 5.13. The van der Waals surface area contributed by atoms with E-state index in [9.17, 15) is 4.57 Å². The van der Waals surface area contributed by atoms with E-state index < -0.39 is 7.37 Å². The fourth-order valence-corrected chi connectivity index (χ4v) is 4.75. The third kappa shape index (κ3) is 2.37. The van der Waals surface area contributed by atoms with Gasteiger partial charge in [0.2, 0.25) is 7.37 Å². The lowest BCUT2D eigenvalue weighted by atomic mass is 10.2. The molecule has 3 nitrogen and oxygen atoms in total. The van der Waals surface area contributed by atoms with E-state index in [2.05, 4.69) is 5.32 Å². The highest BCUT2D eigenvalue weighted by Gasteiger charge is 2.37. The first kappa shape index (κ1) is 11.8. The number of hydrogen-bond donors (Lipinski definition) is 1. The lowest BCUT2D eigenvalue weighted by molar-refractivity contribution is 0.312. The van der Waals surface area contributed by atoms with E-state index in [1.54, 1.807) is 0 Å². The summed E-state index contributed by atoms with van der Waals surface area (Å²) in [5.74, 6) is -0.123. The van der Waals surface area contributed by atoms with E-state index in [0.29, 0.717) is 12.8 Å². The predicted molar refractivity (Wildman–Crippen MR) is 65.9 cm³/mol. The molecule has 4 heteroatoms. The molecular formula is C12H18NO2P. The zero-order chi connectivity index (χ0) is 11.4. The van der Waals surface area contributed by atoms with Crippen molar-refractivity contribution in [2.45, 2.75) is 19.1 Å². The number of benzene rings is 1. The quantitative estimate of drug-likeness (QED) is 0.824. The van der Waals surface area contributed by atoms with Crippen molar-refractivity contribution in [3.63, 3.8) is 0 Å². The summed E-state index contributed by atoms with van der Waals surface area (Å²) in [5, 5.41) is 3.32. The van der Waals surface area contributed by atoms with Crippen LogP contribution in [0.15, 0.2) is 30.3 Å². The third-order valence-corrected chi connectivity index (χ3v) is 5.74. The first-order valence-corrected chi connectivity index (χ1v) is 7.66. The molecule has 2 rings (SSSR count). The molecule has 1 aliphatic rings. The highest BCUT2D eigenvalue weighted by Crippen LogP contribution is 2.60. The van der Waals surface area contributed by atoms with Gasteiger partial charge in [0.25, 0.3) is 0 Å². The van der Waals surface area contributed by atoms with Crippen LogP contribution in [-0.4, -0.2) is 19.3 Å². The van der Waals surface area contributed by atoms with Gasteiger partial charge in [-0.2, -0.15) is 0 Å². The average molecular weight is 239 g/mol. The number of nitrogens with one attached hydrogen (secondary N) is 1. The molecule has 88 valence electrons. The van der Waals surface area contributed by atoms with Crippen LogP contribution in [0, 0.1) is 0 Å². The molecule has 0 aliphatic carbocycles. The fraction of sp³-hybridized carbons (Fsp3) is 0.500. The fourth-order valence-electron chi connectivity index (χ4n) is 2.14. The van der Waals surface area contributed by atoms with Gasteiger partial charge in [-0.25, -0.2) is 0 Å². The molecule has 0 bridgehead atoms. The maximum atomic E-state index is 12.7. The molecule has 1 fully saturated rings. The SMILES string of the molecule is CCOP1(=O)CCCNC1c1ccccc1. The van der Waals surface area contributed by atoms with Crippen LogP contribution in [0.4, 0.5) is 0 Å². The molecule has 1 N–H and O–H groups in total. The van der Waals surface area contributed by atoms with Crippen molar-refractivity contribution in [1.29, 1.82) is 0 Å². The van der Waals surface area contributed by atoms with E-state index in [1.807, 2.05) is 37.3 Å². The van der Waals surface area contributed by atoms with Crippen LogP contribution in [0.1, 0.15) is 24.7 Å². The zero-order valence-electron chi connectivity index (χ0n) is 9.56. The lowest BCUT2D eigenvalue weighted by Gasteiger charge is -2.32. The Morgan fingerprint density at radius 1 is 1.44 bits per heavy atom. The van der Waals surface area contributed by atoms with Crippen molar-refractivity contribution in [2.24, 2.45) is 0 Å². The molecule has 2 unspecified atom stereocenters. The van der Waals surface area contributed by atoms with Crippen LogP contribution in [0.25, 0.3) is 0 Å². The van der Waals surface area contributed by atoms with Crippen LogP contribution >= 0.6 is 7.37 Å². The van der Waals surface area contributed by atoms with Crippen molar-refractivity contribution in [3.05, 3.63) is 35.9 Å². The number of rotatable bonds is 3. The average Bonchev–Trinajstić information content (AvgIpc) is 2.31. The Morgan fingerprint density at radius 3 is 2.88 bits per heavy atom. The zero-order valence-corrected chi connectivity index (χ0v) is 10.5. The van der Waals surface area contributed by atoms with Gasteiger partial charge in [-0.1, -0.05) is 30.3 Å². The molecular weight excluding hydrogens is 221 g/mol. The highest BCUT2D eigenvalue weighted by molar-refractivity contribution is 7.59. The molecule has 1 aromatic carbocycles. The van der Waals surface area contributed by atoms with Gasteiger partial charge in [0, 0.05) is 6.16 Å². The lowest BCUT2D eigenvalue weighted by Crippen LogP contribution is -2.29. The maximum absolute atomic E-state index is 12.7. The van der Waals surface area contributed by atoms with Gasteiger partial charge in [-0.05, 0) is 25.5 Å². The minimum absolute atomic E-state index is 0.123. The summed E-state index contributed by atoms with van der Waals surface area (Å²) >= 11 is 0. The van der Waals surface area contributed by atoms with Crippen molar-refractivity contribution in [1.82, 2.24) is 5.32 Å². The number of hydrogen-bond acceptors (Lipinski definition) is 3. The monoisotopic (exact) mass is 239 g/mol. The van der Waals surface area contributed by atoms with Crippen molar-refractivity contribution >= 4 is 7.37 Å². The molecule has 1 saturated heterocycles. The first-order chi connectivity index (χ1) is 7.76. The second-order valence-electron chi connectivity index (χ2n) is 3.99. The summed E-state index contributed by atoms with van der Waals surface area (Å²) in [5.41, 5.74) is 1.07. The highest BCUT2D eigenvalue weighted by atomic mass is 31.2. The summed E-state index contributed by atoms with van der Waals surface area (Å²) in [6.07, 6.45) is 1.62. The molecule has 16 heavy (non-hydrogen) atoms. The third-order valence-electron chi connectivity index (χ3n) is 2.84. The summed E-state index contributed by atoms with van der Waals surface area (Å²) in [7, 11) is -2.56. The van der Waals surface area contributed by atoms with E-state index in [4.69, 9.17) is 4.52 Å². The summed E-state index contributed by atoms with van der Waals surface area (Å²) in [6.45, 7) is 3.33. The van der Waals surface area contributed by atoms with E-state index in [-0.39, 0.29) is 5.78 Å². The molecule has 0 saturated carbocycles. The van der Waals surface area contributed by atoms with Crippen molar-refractivity contribution in [3.8, 4) is 0 Å². The van der Waals surface area contributed by atoms with Crippen molar-refractivity contribution < 1.29 is 9.09 Å². The van der Waals surface area contributed by atoms with Gasteiger partial charge < -0.3 is 9.84 Å². The van der Waals surface area contributed by atoms with E-state index >= 15 is 0 Å². The Bertz CT molecular complexity index is 374. The van der Waals surface area contributed by atoms with Crippen LogP contribution < -0.4 is 5.32 Å². The van der Waals surface area contributed by atoms with Crippen LogP contribution in [-0.2, 0) is 9.09 Å². The molecule has 0 aromatic heterocycles. The molecule has 1 aromatic rings. The molecule has 1 aliphatic heterocycles. The van der Waals surface area contributed by atoms with Crippen molar-refractivity contribution in [2.75, 3.05) is 19.3 Å².